The highest BCUT2D eigenvalue weighted by Gasteiger charge is 2.40. The van der Waals surface area contributed by atoms with Crippen LogP contribution in [0.1, 0.15) is 47.5 Å². The van der Waals surface area contributed by atoms with E-state index < -0.39 is 16.3 Å². The second-order valence-electron chi connectivity index (χ2n) is 8.77. The van der Waals surface area contributed by atoms with Crippen molar-refractivity contribution in [1.82, 2.24) is 19.5 Å². The van der Waals surface area contributed by atoms with E-state index in [-0.39, 0.29) is 34.7 Å². The number of fused-ring (bicyclic) bond motifs is 2. The lowest BCUT2D eigenvalue weighted by Crippen LogP contribution is -2.34. The molecule has 3 heterocycles. The van der Waals surface area contributed by atoms with Gasteiger partial charge in [-0.15, -0.1) is 5.10 Å². The fraction of sp³-hybridized carbons (Fsp3) is 0.381. The highest BCUT2D eigenvalue weighted by molar-refractivity contribution is 7.92. The van der Waals surface area contributed by atoms with Crippen LogP contribution in [0.5, 0.6) is 0 Å². The van der Waals surface area contributed by atoms with Gasteiger partial charge in [0, 0.05) is 24.3 Å². The first-order valence-corrected chi connectivity index (χ1v) is 12.5. The Morgan fingerprint density at radius 2 is 2.03 bits per heavy atom. The Balaban J connectivity index is 1.64. The summed E-state index contributed by atoms with van der Waals surface area (Å²) in [4.78, 5) is 19.6. The number of aliphatic hydroxyl groups excluding tert-OH is 1. The highest BCUT2D eigenvalue weighted by Crippen LogP contribution is 2.41. The number of anilines is 2. The van der Waals surface area contributed by atoms with Crippen LogP contribution in [0.3, 0.4) is 0 Å². The van der Waals surface area contributed by atoms with E-state index in [1.807, 2.05) is 13.0 Å². The molecule has 1 saturated carbocycles. The lowest BCUT2D eigenvalue weighted by molar-refractivity contribution is 0.0698. The molecule has 2 atom stereocenters. The van der Waals surface area contributed by atoms with Crippen LogP contribution >= 0.6 is 0 Å². The molecule has 0 radical (unpaired) electrons. The summed E-state index contributed by atoms with van der Waals surface area (Å²) >= 11 is 0. The Hall–Kier alpha value is -3.22. The molecule has 1 fully saturated rings. The predicted octanol–water partition coefficient (Wildman–Crippen LogP) is 1.05. The molecule has 1 aromatic carbocycles. The molecule has 1 unspecified atom stereocenters. The molecular weight excluding hydrogens is 446 g/mol. The third-order valence-corrected chi connectivity index (χ3v) is 6.86. The van der Waals surface area contributed by atoms with Gasteiger partial charge in [0.1, 0.15) is 6.23 Å². The van der Waals surface area contributed by atoms with Crippen LogP contribution in [0, 0.1) is 5.92 Å². The standard InChI is InChI=1S/C21H25N7O4S/c1-10(11-3-4-11)27-9-13-7-12(8-15(16(13)21(27)30)26-33(2,31)32)14-5-6-28-20(24-14)17(19(23)29)18(22)25-28/h5-8,10-11,19,26,29H,3-4,9,23H2,1-2H3,(H2,22,25)/t10-,19?/m0/s1. The van der Waals surface area contributed by atoms with E-state index >= 15 is 0 Å². The van der Waals surface area contributed by atoms with Crippen molar-refractivity contribution in [2.45, 2.75) is 38.6 Å². The average Bonchev–Trinajstić information content (AvgIpc) is 3.43. The molecular formula is C21H25N7O4S. The normalized spacial score (nSPS) is 17.9. The fourth-order valence-corrected chi connectivity index (χ4v) is 5.04. The maximum absolute atomic E-state index is 13.2. The second kappa shape index (κ2) is 7.40. The quantitative estimate of drug-likeness (QED) is 0.387. The average molecular weight is 472 g/mol. The molecule has 33 heavy (non-hydrogen) atoms. The van der Waals surface area contributed by atoms with Gasteiger partial charge in [-0.3, -0.25) is 9.52 Å². The second-order valence-corrected chi connectivity index (χ2v) is 10.5. The molecule has 1 aliphatic heterocycles. The fourth-order valence-electron chi connectivity index (χ4n) is 4.48. The highest BCUT2D eigenvalue weighted by atomic mass is 32.2. The van der Waals surface area contributed by atoms with Crippen molar-refractivity contribution in [3.05, 3.63) is 41.1 Å². The zero-order chi connectivity index (χ0) is 23.7. The number of hydrogen-bond donors (Lipinski definition) is 4. The van der Waals surface area contributed by atoms with Crippen molar-refractivity contribution < 1.29 is 18.3 Å². The molecule has 0 saturated heterocycles. The number of nitrogens with zero attached hydrogens (tertiary/aromatic N) is 4. The van der Waals surface area contributed by atoms with Gasteiger partial charge in [-0.05, 0) is 49.4 Å². The van der Waals surface area contributed by atoms with Crippen LogP contribution in [0.4, 0.5) is 11.5 Å². The summed E-state index contributed by atoms with van der Waals surface area (Å²) in [5.41, 5.74) is 14.4. The Morgan fingerprint density at radius 3 is 2.67 bits per heavy atom. The zero-order valence-electron chi connectivity index (χ0n) is 18.2. The molecule has 0 bridgehead atoms. The Bertz CT molecular complexity index is 1400. The number of nitrogens with two attached hydrogens (primary N) is 2. The number of hydrogen-bond acceptors (Lipinski definition) is 8. The van der Waals surface area contributed by atoms with Gasteiger partial charge in [0.15, 0.2) is 11.5 Å². The summed E-state index contributed by atoms with van der Waals surface area (Å²) in [6.45, 7) is 2.43. The molecule has 11 nitrogen and oxygen atoms in total. The van der Waals surface area contributed by atoms with Crippen LogP contribution in [-0.2, 0) is 16.6 Å². The topological polar surface area (TPSA) is 169 Å². The van der Waals surface area contributed by atoms with Crippen LogP contribution in [0.2, 0.25) is 0 Å². The van der Waals surface area contributed by atoms with Gasteiger partial charge in [-0.1, -0.05) is 0 Å². The Kier molecular flexibility index (Phi) is 4.85. The minimum absolute atomic E-state index is 0.0679. The monoisotopic (exact) mass is 471 g/mol. The lowest BCUT2D eigenvalue weighted by Gasteiger charge is -2.24. The first-order chi connectivity index (χ1) is 15.5. The largest absolute Gasteiger partial charge is 0.382 e. The minimum atomic E-state index is -3.63. The van der Waals surface area contributed by atoms with Crippen molar-refractivity contribution in [2.75, 3.05) is 16.7 Å². The Morgan fingerprint density at radius 1 is 1.30 bits per heavy atom. The molecule has 2 aliphatic rings. The van der Waals surface area contributed by atoms with E-state index in [2.05, 4.69) is 14.8 Å². The van der Waals surface area contributed by atoms with Gasteiger partial charge in [0.25, 0.3) is 5.91 Å². The molecule has 3 aromatic rings. The predicted molar refractivity (Wildman–Crippen MR) is 123 cm³/mol. The molecule has 1 aliphatic carbocycles. The van der Waals surface area contributed by atoms with E-state index in [1.165, 1.54) is 4.52 Å². The van der Waals surface area contributed by atoms with E-state index in [9.17, 15) is 18.3 Å². The Labute approximate surface area is 190 Å². The third-order valence-electron chi connectivity index (χ3n) is 6.27. The smallest absolute Gasteiger partial charge is 0.256 e. The third kappa shape index (κ3) is 3.79. The number of amides is 1. The molecule has 5 rings (SSSR count). The number of aliphatic hydroxyl groups is 1. The zero-order valence-corrected chi connectivity index (χ0v) is 19.0. The molecule has 174 valence electrons. The lowest BCUT2D eigenvalue weighted by atomic mass is 10.0. The number of nitrogens with one attached hydrogen (secondary N) is 1. The van der Waals surface area contributed by atoms with Crippen molar-refractivity contribution in [2.24, 2.45) is 11.7 Å². The number of rotatable bonds is 6. The van der Waals surface area contributed by atoms with Crippen molar-refractivity contribution >= 4 is 33.1 Å². The number of carbonyl (C=O) groups excluding carboxylic acids is 1. The van der Waals surface area contributed by atoms with E-state index in [4.69, 9.17) is 11.5 Å². The van der Waals surface area contributed by atoms with Gasteiger partial charge in [-0.2, -0.15) is 0 Å². The first-order valence-electron chi connectivity index (χ1n) is 10.6. The van der Waals surface area contributed by atoms with Crippen LogP contribution in [0.25, 0.3) is 16.9 Å². The molecule has 12 heteroatoms. The van der Waals surface area contributed by atoms with Gasteiger partial charge < -0.3 is 21.5 Å². The molecule has 0 spiro atoms. The number of nitrogen functional groups attached to an aromatic ring is 1. The summed E-state index contributed by atoms with van der Waals surface area (Å²) in [6.07, 6.45) is 3.50. The van der Waals surface area contributed by atoms with E-state index in [0.717, 1.165) is 24.7 Å². The van der Waals surface area contributed by atoms with Crippen molar-refractivity contribution in [3.8, 4) is 11.3 Å². The minimum Gasteiger partial charge on any atom is -0.382 e. The summed E-state index contributed by atoms with van der Waals surface area (Å²) in [7, 11) is -3.63. The molecule has 1 amide bonds. The molecule has 2 aromatic heterocycles. The number of aromatic nitrogens is 3. The summed E-state index contributed by atoms with van der Waals surface area (Å²) < 4.78 is 28.0. The number of benzene rings is 1. The summed E-state index contributed by atoms with van der Waals surface area (Å²) in [5.74, 6) is 0.368. The van der Waals surface area contributed by atoms with Gasteiger partial charge in [-0.25, -0.2) is 17.9 Å². The van der Waals surface area contributed by atoms with Crippen molar-refractivity contribution in [1.29, 1.82) is 0 Å². The van der Waals surface area contributed by atoms with E-state index in [0.29, 0.717) is 29.3 Å². The van der Waals surface area contributed by atoms with Gasteiger partial charge in [0.05, 0.1) is 28.8 Å². The van der Waals surface area contributed by atoms with Gasteiger partial charge in [0.2, 0.25) is 10.0 Å². The summed E-state index contributed by atoms with van der Waals surface area (Å²) in [6, 6.07) is 5.22. The summed E-state index contributed by atoms with van der Waals surface area (Å²) in [5, 5.41) is 14.0. The maximum atomic E-state index is 13.2. The van der Waals surface area contributed by atoms with Crippen LogP contribution < -0.4 is 16.2 Å². The van der Waals surface area contributed by atoms with Crippen LogP contribution in [0.15, 0.2) is 24.4 Å². The SMILES string of the molecule is C[C@@H](C1CC1)N1Cc2cc(-c3ccn4nc(N)c(C(N)O)c4n3)cc(NS(C)(=O)=O)c2C1=O. The van der Waals surface area contributed by atoms with Crippen LogP contribution in [-0.4, -0.2) is 51.2 Å². The maximum Gasteiger partial charge on any atom is 0.256 e. The van der Waals surface area contributed by atoms with Gasteiger partial charge >= 0.3 is 0 Å². The van der Waals surface area contributed by atoms with E-state index in [1.54, 1.807) is 23.2 Å². The number of carbonyl (C=O) groups is 1. The molecule has 6 N–H and O–H groups in total. The number of sulfonamides is 1. The van der Waals surface area contributed by atoms with Crippen molar-refractivity contribution in [3.63, 3.8) is 0 Å². The first kappa shape index (κ1) is 21.6.